The maximum absolute atomic E-state index is 13.4. The normalized spacial score (nSPS) is 18.6. The molecule has 0 aliphatic carbocycles. The summed E-state index contributed by atoms with van der Waals surface area (Å²) in [5.41, 5.74) is 4.91. The van der Waals surface area contributed by atoms with Crippen molar-refractivity contribution in [1.29, 1.82) is 0 Å². The Morgan fingerprint density at radius 2 is 1.76 bits per heavy atom. The molecular formula is C32H38N6O3. The quantitative estimate of drug-likeness (QED) is 0.479. The lowest BCUT2D eigenvalue weighted by atomic mass is 10.0. The van der Waals surface area contributed by atoms with Crippen molar-refractivity contribution in [2.45, 2.75) is 31.7 Å². The van der Waals surface area contributed by atoms with Gasteiger partial charge in [0.25, 0.3) is 5.91 Å². The molecule has 3 aliphatic rings. The van der Waals surface area contributed by atoms with Crippen molar-refractivity contribution >= 4 is 17.5 Å². The van der Waals surface area contributed by atoms with E-state index in [1.807, 2.05) is 47.4 Å². The van der Waals surface area contributed by atoms with Gasteiger partial charge in [-0.3, -0.25) is 14.5 Å². The molecule has 2 fully saturated rings. The Morgan fingerprint density at radius 1 is 1.00 bits per heavy atom. The monoisotopic (exact) mass is 554 g/mol. The molecule has 2 saturated heterocycles. The van der Waals surface area contributed by atoms with E-state index in [1.54, 1.807) is 25.3 Å². The van der Waals surface area contributed by atoms with Crippen LogP contribution >= 0.6 is 0 Å². The third-order valence-corrected chi connectivity index (χ3v) is 8.86. The zero-order valence-electron chi connectivity index (χ0n) is 24.2. The molecule has 0 saturated carbocycles. The molecule has 4 heterocycles. The van der Waals surface area contributed by atoms with E-state index >= 15 is 0 Å². The van der Waals surface area contributed by atoms with Gasteiger partial charge >= 0.3 is 0 Å². The van der Waals surface area contributed by atoms with Crippen molar-refractivity contribution < 1.29 is 14.3 Å². The number of likely N-dealkylation sites (tertiary alicyclic amines) is 1. The first kappa shape index (κ1) is 27.4. The van der Waals surface area contributed by atoms with Crippen molar-refractivity contribution in [3.05, 3.63) is 71.2 Å². The van der Waals surface area contributed by atoms with Crippen LogP contribution in [0.25, 0.3) is 11.3 Å². The van der Waals surface area contributed by atoms with Gasteiger partial charge in [-0.1, -0.05) is 30.3 Å². The highest BCUT2D eigenvalue weighted by Crippen LogP contribution is 2.35. The van der Waals surface area contributed by atoms with E-state index in [9.17, 15) is 9.59 Å². The van der Waals surface area contributed by atoms with E-state index in [-0.39, 0.29) is 11.8 Å². The first-order valence-corrected chi connectivity index (χ1v) is 14.5. The van der Waals surface area contributed by atoms with Gasteiger partial charge in [0.1, 0.15) is 11.6 Å². The molecule has 214 valence electrons. The van der Waals surface area contributed by atoms with Crippen LogP contribution in [0.1, 0.15) is 40.2 Å². The Hall–Kier alpha value is -3.82. The number of piperidine rings is 1. The zero-order chi connectivity index (χ0) is 28.5. The van der Waals surface area contributed by atoms with Crippen molar-refractivity contribution in [2.24, 2.45) is 0 Å². The third kappa shape index (κ3) is 5.56. The second-order valence-electron chi connectivity index (χ2n) is 11.4. The summed E-state index contributed by atoms with van der Waals surface area (Å²) in [6, 6.07) is 14.1. The van der Waals surface area contributed by atoms with Gasteiger partial charge in [0.05, 0.1) is 31.1 Å². The third-order valence-electron chi connectivity index (χ3n) is 8.86. The van der Waals surface area contributed by atoms with Crippen LogP contribution in [-0.4, -0.2) is 103 Å². The lowest BCUT2D eigenvalue weighted by Crippen LogP contribution is -2.52. The molecule has 0 bridgehead atoms. The number of fused-ring (bicyclic) bond motifs is 3. The second kappa shape index (κ2) is 11.6. The summed E-state index contributed by atoms with van der Waals surface area (Å²) in [6.07, 6.45) is 4.54. The van der Waals surface area contributed by atoms with Gasteiger partial charge in [0, 0.05) is 75.5 Å². The molecule has 2 aromatic carbocycles. The molecule has 3 aliphatic heterocycles. The average Bonchev–Trinajstić information content (AvgIpc) is 3.11. The standard InChI is InChI=1S/C32H38N6O3/c1-35-14-16-37(17-15-35)25-10-12-38(13-11-25)32(40)24-9-8-23(28(18-24)41-3)19-29-33-21-27-31(34-29)26-7-5-4-6-22(26)20-30(39)36(27)2/h4-9,18,21,25H,10-17,19-20H2,1-3H3. The summed E-state index contributed by atoms with van der Waals surface area (Å²) < 4.78 is 5.73. The highest BCUT2D eigenvalue weighted by atomic mass is 16.5. The van der Waals surface area contributed by atoms with Crippen molar-refractivity contribution in [2.75, 3.05) is 65.4 Å². The highest BCUT2D eigenvalue weighted by Gasteiger charge is 2.29. The van der Waals surface area contributed by atoms with E-state index in [4.69, 9.17) is 9.72 Å². The Labute approximate surface area is 241 Å². The molecule has 2 amide bonds. The van der Waals surface area contributed by atoms with Gasteiger partial charge in [0.2, 0.25) is 5.91 Å². The number of anilines is 1. The zero-order valence-corrected chi connectivity index (χ0v) is 24.2. The minimum atomic E-state index is 0.0121. The fraction of sp³-hybridized carbons (Fsp3) is 0.438. The van der Waals surface area contributed by atoms with Crippen LogP contribution in [-0.2, 0) is 17.6 Å². The Kier molecular flexibility index (Phi) is 7.73. The number of aromatic nitrogens is 2. The Balaban J connectivity index is 1.17. The van der Waals surface area contributed by atoms with Crippen molar-refractivity contribution in [1.82, 2.24) is 24.7 Å². The smallest absolute Gasteiger partial charge is 0.253 e. The Bertz CT molecular complexity index is 1440. The van der Waals surface area contributed by atoms with Crippen LogP contribution < -0.4 is 9.64 Å². The van der Waals surface area contributed by atoms with Gasteiger partial charge in [-0.25, -0.2) is 9.97 Å². The van der Waals surface area contributed by atoms with Crippen LogP contribution in [0.4, 0.5) is 5.69 Å². The topological polar surface area (TPSA) is 82.1 Å². The fourth-order valence-corrected chi connectivity index (χ4v) is 6.26. The summed E-state index contributed by atoms with van der Waals surface area (Å²) in [4.78, 5) is 44.2. The van der Waals surface area contributed by atoms with Gasteiger partial charge in [0.15, 0.2) is 0 Å². The van der Waals surface area contributed by atoms with E-state index in [0.29, 0.717) is 41.7 Å². The maximum Gasteiger partial charge on any atom is 0.253 e. The summed E-state index contributed by atoms with van der Waals surface area (Å²) in [7, 11) is 5.58. The van der Waals surface area contributed by atoms with E-state index in [2.05, 4.69) is 21.8 Å². The highest BCUT2D eigenvalue weighted by molar-refractivity contribution is 6.01. The van der Waals surface area contributed by atoms with Crippen molar-refractivity contribution in [3.63, 3.8) is 0 Å². The van der Waals surface area contributed by atoms with E-state index in [0.717, 1.165) is 74.5 Å². The molecule has 0 spiro atoms. The van der Waals surface area contributed by atoms with Crippen LogP contribution in [0, 0.1) is 0 Å². The predicted octanol–water partition coefficient (Wildman–Crippen LogP) is 3.11. The van der Waals surface area contributed by atoms with Gasteiger partial charge in [-0.15, -0.1) is 0 Å². The van der Waals surface area contributed by atoms with Gasteiger partial charge in [-0.2, -0.15) is 0 Å². The molecule has 3 aromatic rings. The second-order valence-corrected chi connectivity index (χ2v) is 11.4. The number of carbonyl (C=O) groups is 2. The molecule has 41 heavy (non-hydrogen) atoms. The summed E-state index contributed by atoms with van der Waals surface area (Å²) >= 11 is 0. The first-order valence-electron chi connectivity index (χ1n) is 14.5. The van der Waals surface area contributed by atoms with Gasteiger partial charge in [-0.05, 0) is 37.6 Å². The molecular weight excluding hydrogens is 516 g/mol. The predicted molar refractivity (Wildman–Crippen MR) is 158 cm³/mol. The summed E-state index contributed by atoms with van der Waals surface area (Å²) in [6.45, 7) is 6.02. The number of hydrogen-bond donors (Lipinski definition) is 0. The number of piperazine rings is 1. The van der Waals surface area contributed by atoms with E-state index in [1.165, 1.54) is 0 Å². The number of methoxy groups -OCH3 is 1. The number of benzene rings is 2. The number of ether oxygens (including phenoxy) is 1. The molecule has 0 unspecified atom stereocenters. The maximum atomic E-state index is 13.4. The molecule has 1 aromatic heterocycles. The molecule has 0 N–H and O–H groups in total. The lowest BCUT2D eigenvalue weighted by molar-refractivity contribution is -0.117. The molecule has 0 radical (unpaired) electrons. The van der Waals surface area contributed by atoms with E-state index < -0.39 is 0 Å². The van der Waals surface area contributed by atoms with Crippen LogP contribution in [0.15, 0.2) is 48.7 Å². The Morgan fingerprint density at radius 3 is 2.51 bits per heavy atom. The number of carbonyl (C=O) groups excluding carboxylic acids is 2. The number of nitrogens with zero attached hydrogens (tertiary/aromatic N) is 6. The first-order chi connectivity index (χ1) is 19.9. The lowest BCUT2D eigenvalue weighted by Gasteiger charge is -2.42. The SMILES string of the molecule is COc1cc(C(=O)N2CCC(N3CCN(C)CC3)CC2)ccc1Cc1ncc2c(n1)-c1ccccc1CC(=O)N2C. The molecule has 9 nitrogen and oxygen atoms in total. The summed E-state index contributed by atoms with van der Waals surface area (Å²) in [5.74, 6) is 1.34. The average molecular weight is 555 g/mol. The van der Waals surface area contributed by atoms with Gasteiger partial charge < -0.3 is 19.4 Å². The van der Waals surface area contributed by atoms with Crippen LogP contribution in [0.2, 0.25) is 0 Å². The number of rotatable bonds is 5. The molecule has 9 heteroatoms. The largest absolute Gasteiger partial charge is 0.496 e. The van der Waals surface area contributed by atoms with Crippen LogP contribution in [0.3, 0.4) is 0 Å². The minimum absolute atomic E-state index is 0.0121. The molecule has 0 atom stereocenters. The van der Waals surface area contributed by atoms with Crippen LogP contribution in [0.5, 0.6) is 5.75 Å². The number of amides is 2. The van der Waals surface area contributed by atoms with Crippen molar-refractivity contribution in [3.8, 4) is 17.0 Å². The fourth-order valence-electron chi connectivity index (χ4n) is 6.26. The molecule has 6 rings (SSSR count). The minimum Gasteiger partial charge on any atom is -0.496 e. The summed E-state index contributed by atoms with van der Waals surface area (Å²) in [5, 5.41) is 0. The number of hydrogen-bond acceptors (Lipinski definition) is 7. The number of likely N-dealkylation sites (N-methyl/N-ethyl adjacent to an activating group) is 2.